The third-order valence-electron chi connectivity index (χ3n) is 3.73. The van der Waals surface area contributed by atoms with E-state index >= 15 is 0 Å². The molecular formula is C15H30N4S. The number of hydrogen-bond donors (Lipinski definition) is 1. The molecule has 0 bridgehead atoms. The van der Waals surface area contributed by atoms with Gasteiger partial charge in [0.2, 0.25) is 0 Å². The number of rotatable bonds is 8. The van der Waals surface area contributed by atoms with Crippen LogP contribution in [0.25, 0.3) is 0 Å². The lowest BCUT2D eigenvalue weighted by molar-refractivity contribution is 0.373. The number of nitrogens with two attached hydrogens (primary N) is 1. The highest BCUT2D eigenvalue weighted by Crippen LogP contribution is 2.32. The lowest BCUT2D eigenvalue weighted by Crippen LogP contribution is -2.40. The summed E-state index contributed by atoms with van der Waals surface area (Å²) in [6, 6.07) is 0.455. The third kappa shape index (κ3) is 4.17. The average Bonchev–Trinajstić information content (AvgIpc) is 2.81. The zero-order valence-corrected chi connectivity index (χ0v) is 14.6. The molecule has 4 nitrogen and oxygen atoms in total. The Morgan fingerprint density at radius 3 is 2.35 bits per heavy atom. The SMILES string of the molecule is CCC(C)c1nc(N(CC)C(C)CN(C)C)sc1CN. The maximum atomic E-state index is 5.90. The highest BCUT2D eigenvalue weighted by Gasteiger charge is 2.21. The quantitative estimate of drug-likeness (QED) is 0.801. The van der Waals surface area contributed by atoms with Crippen molar-refractivity contribution >= 4 is 16.5 Å². The van der Waals surface area contributed by atoms with Crippen molar-refractivity contribution in [2.24, 2.45) is 5.73 Å². The van der Waals surface area contributed by atoms with E-state index in [0.29, 0.717) is 18.5 Å². The summed E-state index contributed by atoms with van der Waals surface area (Å²) in [6.07, 6.45) is 1.11. The first-order valence-corrected chi connectivity index (χ1v) is 8.37. The van der Waals surface area contributed by atoms with Gasteiger partial charge in [0.25, 0.3) is 0 Å². The first kappa shape index (κ1) is 17.4. The molecule has 0 spiro atoms. The minimum atomic E-state index is 0.455. The largest absolute Gasteiger partial charge is 0.344 e. The predicted octanol–water partition coefficient (Wildman–Crippen LogP) is 2.89. The summed E-state index contributed by atoms with van der Waals surface area (Å²) >= 11 is 1.76. The number of nitrogens with zero attached hydrogens (tertiary/aromatic N) is 3. The van der Waals surface area contributed by atoms with Gasteiger partial charge in [-0.25, -0.2) is 4.98 Å². The summed E-state index contributed by atoms with van der Waals surface area (Å²) in [4.78, 5) is 10.7. The predicted molar refractivity (Wildman–Crippen MR) is 89.7 cm³/mol. The fourth-order valence-electron chi connectivity index (χ4n) is 2.46. The number of aromatic nitrogens is 1. The Kier molecular flexibility index (Phi) is 6.92. The van der Waals surface area contributed by atoms with E-state index in [-0.39, 0.29) is 0 Å². The van der Waals surface area contributed by atoms with Crippen LogP contribution in [0, 0.1) is 0 Å². The van der Waals surface area contributed by atoms with Crippen molar-refractivity contribution in [3.05, 3.63) is 10.6 Å². The van der Waals surface area contributed by atoms with Gasteiger partial charge in [0, 0.05) is 30.6 Å². The van der Waals surface area contributed by atoms with Gasteiger partial charge in [-0.15, -0.1) is 11.3 Å². The molecule has 5 heteroatoms. The fourth-order valence-corrected chi connectivity index (χ4v) is 3.69. The number of anilines is 1. The van der Waals surface area contributed by atoms with E-state index in [9.17, 15) is 0 Å². The molecule has 116 valence electrons. The molecule has 2 atom stereocenters. The van der Waals surface area contributed by atoms with Gasteiger partial charge < -0.3 is 15.5 Å². The van der Waals surface area contributed by atoms with Crippen molar-refractivity contribution in [1.29, 1.82) is 0 Å². The second-order valence-corrected chi connectivity index (χ2v) is 6.78. The lowest BCUT2D eigenvalue weighted by atomic mass is 10.0. The molecule has 0 aliphatic carbocycles. The summed E-state index contributed by atoms with van der Waals surface area (Å²) < 4.78 is 0. The third-order valence-corrected chi connectivity index (χ3v) is 4.86. The van der Waals surface area contributed by atoms with Crippen LogP contribution < -0.4 is 10.6 Å². The first-order valence-electron chi connectivity index (χ1n) is 7.55. The second-order valence-electron chi connectivity index (χ2n) is 5.72. The van der Waals surface area contributed by atoms with E-state index in [1.54, 1.807) is 11.3 Å². The topological polar surface area (TPSA) is 45.4 Å². The minimum absolute atomic E-state index is 0.455. The van der Waals surface area contributed by atoms with Crippen LogP contribution in [0.2, 0.25) is 0 Å². The molecule has 0 aromatic carbocycles. The van der Waals surface area contributed by atoms with Crippen molar-refractivity contribution in [3.63, 3.8) is 0 Å². The number of thiazole rings is 1. The van der Waals surface area contributed by atoms with Gasteiger partial charge in [0.1, 0.15) is 0 Å². The van der Waals surface area contributed by atoms with Crippen molar-refractivity contribution in [3.8, 4) is 0 Å². The molecular weight excluding hydrogens is 268 g/mol. The van der Waals surface area contributed by atoms with E-state index < -0.39 is 0 Å². The van der Waals surface area contributed by atoms with E-state index in [1.165, 1.54) is 10.6 Å². The van der Waals surface area contributed by atoms with Gasteiger partial charge in [0.15, 0.2) is 5.13 Å². The van der Waals surface area contributed by atoms with Gasteiger partial charge in [-0.2, -0.15) is 0 Å². The monoisotopic (exact) mass is 298 g/mol. The van der Waals surface area contributed by atoms with Crippen LogP contribution in [0.4, 0.5) is 5.13 Å². The van der Waals surface area contributed by atoms with Crippen LogP contribution in [0.1, 0.15) is 50.6 Å². The van der Waals surface area contributed by atoms with E-state index in [4.69, 9.17) is 10.7 Å². The number of hydrogen-bond acceptors (Lipinski definition) is 5. The second kappa shape index (κ2) is 7.96. The molecule has 0 amide bonds. The number of likely N-dealkylation sites (N-methyl/N-ethyl adjacent to an activating group) is 2. The molecule has 0 aliphatic heterocycles. The molecule has 20 heavy (non-hydrogen) atoms. The van der Waals surface area contributed by atoms with Crippen molar-refractivity contribution in [2.75, 3.05) is 32.1 Å². The molecule has 0 saturated carbocycles. The van der Waals surface area contributed by atoms with Gasteiger partial charge in [-0.1, -0.05) is 13.8 Å². The van der Waals surface area contributed by atoms with Crippen molar-refractivity contribution in [2.45, 2.75) is 52.6 Å². The van der Waals surface area contributed by atoms with Crippen LogP contribution in [0.15, 0.2) is 0 Å². The van der Waals surface area contributed by atoms with Gasteiger partial charge in [0.05, 0.1) is 5.69 Å². The summed E-state index contributed by atoms with van der Waals surface area (Å²) in [6.45, 7) is 11.5. The Morgan fingerprint density at radius 1 is 1.25 bits per heavy atom. The van der Waals surface area contributed by atoms with E-state index in [1.807, 2.05) is 0 Å². The molecule has 0 aliphatic rings. The molecule has 1 heterocycles. The van der Waals surface area contributed by atoms with Crippen molar-refractivity contribution < 1.29 is 0 Å². The fraction of sp³-hybridized carbons (Fsp3) is 0.800. The smallest absolute Gasteiger partial charge is 0.186 e. The molecule has 1 aromatic rings. The van der Waals surface area contributed by atoms with Crippen LogP contribution in [-0.2, 0) is 6.54 Å². The molecule has 1 rings (SSSR count). The van der Waals surface area contributed by atoms with E-state index in [0.717, 1.165) is 24.6 Å². The Morgan fingerprint density at radius 2 is 1.90 bits per heavy atom. The van der Waals surface area contributed by atoms with Crippen LogP contribution in [0.5, 0.6) is 0 Å². The van der Waals surface area contributed by atoms with E-state index in [2.05, 4.69) is 51.6 Å². The maximum absolute atomic E-state index is 5.90. The summed E-state index contributed by atoms with van der Waals surface area (Å²) in [5.74, 6) is 0.487. The van der Waals surface area contributed by atoms with Crippen molar-refractivity contribution in [1.82, 2.24) is 9.88 Å². The molecule has 0 radical (unpaired) electrons. The summed E-state index contributed by atoms with van der Waals surface area (Å²) in [7, 11) is 4.23. The molecule has 1 aromatic heterocycles. The standard InChI is InChI=1S/C15H30N4S/c1-7-11(3)14-13(9-16)20-15(17-14)19(8-2)12(4)10-18(5)6/h11-12H,7-10,16H2,1-6H3. The highest BCUT2D eigenvalue weighted by atomic mass is 32.1. The zero-order valence-electron chi connectivity index (χ0n) is 13.8. The van der Waals surface area contributed by atoms with Gasteiger partial charge in [-0.05, 0) is 40.3 Å². The maximum Gasteiger partial charge on any atom is 0.186 e. The Hall–Kier alpha value is -0.650. The average molecular weight is 299 g/mol. The van der Waals surface area contributed by atoms with Crippen LogP contribution in [-0.4, -0.2) is 43.1 Å². The first-order chi connectivity index (χ1) is 9.44. The Labute approximate surface area is 128 Å². The summed E-state index contributed by atoms with van der Waals surface area (Å²) in [5, 5.41) is 1.12. The molecule has 0 fully saturated rings. The molecule has 0 saturated heterocycles. The minimum Gasteiger partial charge on any atom is -0.344 e. The zero-order chi connectivity index (χ0) is 15.3. The Balaban J connectivity index is 3.01. The summed E-state index contributed by atoms with van der Waals surface area (Å²) in [5.41, 5.74) is 7.10. The van der Waals surface area contributed by atoms with Gasteiger partial charge >= 0.3 is 0 Å². The Bertz CT molecular complexity index is 403. The normalized spacial score (nSPS) is 14.6. The van der Waals surface area contributed by atoms with Gasteiger partial charge in [-0.3, -0.25) is 0 Å². The molecule has 2 unspecified atom stereocenters. The van der Waals surface area contributed by atoms with Crippen LogP contribution in [0.3, 0.4) is 0 Å². The highest BCUT2D eigenvalue weighted by molar-refractivity contribution is 7.15. The lowest BCUT2D eigenvalue weighted by Gasteiger charge is -2.29. The molecule has 2 N–H and O–H groups in total. The van der Waals surface area contributed by atoms with Crippen LogP contribution >= 0.6 is 11.3 Å².